The molecule has 1 atom stereocenters. The number of carboxylic acids is 1. The second-order valence-corrected chi connectivity index (χ2v) is 4.60. The minimum atomic E-state index is -1.27. The van der Waals surface area contributed by atoms with Gasteiger partial charge in [0.15, 0.2) is 5.78 Å². The highest BCUT2D eigenvalue weighted by Gasteiger charge is 2.28. The first-order valence-electron chi connectivity index (χ1n) is 6.26. The molecule has 2 aromatic carbocycles. The monoisotopic (exact) mass is 267 g/mol. The Morgan fingerprint density at radius 1 is 1.10 bits per heavy atom. The van der Waals surface area contributed by atoms with Gasteiger partial charge >= 0.3 is 0 Å². The Morgan fingerprint density at radius 2 is 1.80 bits per heavy atom. The maximum Gasteiger partial charge on any atom is 0.170 e. The molecule has 100 valence electrons. The van der Waals surface area contributed by atoms with Crippen LogP contribution in [0.4, 0.5) is 0 Å². The highest BCUT2D eigenvalue weighted by atomic mass is 16.5. The second-order valence-electron chi connectivity index (χ2n) is 4.60. The van der Waals surface area contributed by atoms with Gasteiger partial charge in [0, 0.05) is 11.1 Å². The van der Waals surface area contributed by atoms with E-state index in [1.165, 1.54) is 6.07 Å². The summed E-state index contributed by atoms with van der Waals surface area (Å²) in [6.45, 7) is 0. The van der Waals surface area contributed by atoms with Crippen LogP contribution in [0.15, 0.2) is 48.5 Å². The van der Waals surface area contributed by atoms with E-state index in [0.717, 1.165) is 0 Å². The molecule has 1 aliphatic rings. The first-order chi connectivity index (χ1) is 9.66. The third kappa shape index (κ3) is 2.05. The number of aromatic carboxylic acids is 1. The fraction of sp³-hybridized carbons (Fsp3) is 0.125. The van der Waals surface area contributed by atoms with E-state index in [4.69, 9.17) is 4.74 Å². The number of ether oxygens (including phenoxy) is 1. The van der Waals surface area contributed by atoms with Crippen molar-refractivity contribution in [1.29, 1.82) is 0 Å². The fourth-order valence-corrected chi connectivity index (χ4v) is 2.41. The molecule has 2 aromatic rings. The Kier molecular flexibility index (Phi) is 2.99. The molecule has 0 saturated carbocycles. The van der Waals surface area contributed by atoms with Crippen molar-refractivity contribution >= 4 is 11.8 Å². The Bertz CT molecular complexity index is 690. The van der Waals surface area contributed by atoms with Crippen molar-refractivity contribution < 1.29 is 19.4 Å². The minimum Gasteiger partial charge on any atom is -0.545 e. The van der Waals surface area contributed by atoms with E-state index in [1.54, 1.807) is 42.5 Å². The molecule has 0 amide bonds. The van der Waals surface area contributed by atoms with Crippen LogP contribution in [0, 0.1) is 0 Å². The number of ketones is 1. The molecule has 0 saturated heterocycles. The van der Waals surface area contributed by atoms with E-state index in [-0.39, 0.29) is 17.8 Å². The lowest BCUT2D eigenvalue weighted by molar-refractivity contribution is -0.255. The Balaban J connectivity index is 2.02. The van der Waals surface area contributed by atoms with Crippen LogP contribution in [0.5, 0.6) is 5.75 Å². The Labute approximate surface area is 115 Å². The van der Waals surface area contributed by atoms with Gasteiger partial charge in [-0.1, -0.05) is 36.4 Å². The molecular formula is C16H11O4-. The first kappa shape index (κ1) is 12.4. The quantitative estimate of drug-likeness (QED) is 0.831. The average molecular weight is 267 g/mol. The smallest absolute Gasteiger partial charge is 0.170 e. The maximum absolute atomic E-state index is 12.1. The normalized spacial score (nSPS) is 17.2. The lowest BCUT2D eigenvalue weighted by Crippen LogP contribution is -2.27. The summed E-state index contributed by atoms with van der Waals surface area (Å²) in [5, 5.41) is 11.1. The molecule has 0 aromatic heterocycles. The molecule has 3 rings (SSSR count). The predicted octanol–water partition coefficient (Wildman–Crippen LogP) is 1.76. The lowest BCUT2D eigenvalue weighted by atomic mass is 9.93. The molecule has 4 heteroatoms. The fourth-order valence-electron chi connectivity index (χ4n) is 2.41. The summed E-state index contributed by atoms with van der Waals surface area (Å²) in [5.74, 6) is -0.831. The molecule has 0 aliphatic carbocycles. The van der Waals surface area contributed by atoms with Crippen LogP contribution in [0.2, 0.25) is 0 Å². The van der Waals surface area contributed by atoms with Crippen LogP contribution >= 0.6 is 0 Å². The van der Waals surface area contributed by atoms with Crippen LogP contribution in [0.3, 0.4) is 0 Å². The summed E-state index contributed by atoms with van der Waals surface area (Å²) in [7, 11) is 0. The number of rotatable bonds is 2. The molecule has 4 nitrogen and oxygen atoms in total. The summed E-state index contributed by atoms with van der Waals surface area (Å²) in [6.07, 6.45) is -0.465. The molecule has 0 N–H and O–H groups in total. The highest BCUT2D eigenvalue weighted by Crippen LogP contribution is 2.35. The van der Waals surface area contributed by atoms with Gasteiger partial charge in [-0.15, -0.1) is 0 Å². The van der Waals surface area contributed by atoms with Crippen LogP contribution in [0.25, 0.3) is 0 Å². The largest absolute Gasteiger partial charge is 0.545 e. The molecule has 0 radical (unpaired) electrons. The number of carbonyl (C=O) groups excluding carboxylic acids is 2. The van der Waals surface area contributed by atoms with Crippen molar-refractivity contribution in [3.63, 3.8) is 0 Å². The van der Waals surface area contributed by atoms with Gasteiger partial charge in [-0.3, -0.25) is 4.79 Å². The Morgan fingerprint density at radius 3 is 2.60 bits per heavy atom. The van der Waals surface area contributed by atoms with Crippen LogP contribution in [-0.4, -0.2) is 11.8 Å². The van der Waals surface area contributed by atoms with Gasteiger partial charge in [0.25, 0.3) is 0 Å². The van der Waals surface area contributed by atoms with E-state index >= 15 is 0 Å². The van der Waals surface area contributed by atoms with Gasteiger partial charge in [-0.25, -0.2) is 0 Å². The Hall–Kier alpha value is -2.62. The standard InChI is InChI=1S/C16H12O4/c17-13-9-15(20-14-8-4-3-7-12(13)14)10-5-1-2-6-11(10)16(18)19/h1-8,15H,9H2,(H,18,19)/p-1/t15-/m1/s1. The first-order valence-corrected chi connectivity index (χ1v) is 6.26. The third-order valence-electron chi connectivity index (χ3n) is 3.36. The third-order valence-corrected chi connectivity index (χ3v) is 3.36. The predicted molar refractivity (Wildman–Crippen MR) is 69.5 cm³/mol. The molecule has 1 aliphatic heterocycles. The number of fused-ring (bicyclic) bond motifs is 1. The summed E-state index contributed by atoms with van der Waals surface area (Å²) in [5.41, 5.74) is 1.06. The van der Waals surface area contributed by atoms with Crippen molar-refractivity contribution in [3.05, 3.63) is 65.2 Å². The number of benzene rings is 2. The number of hydrogen-bond donors (Lipinski definition) is 0. The number of hydrogen-bond acceptors (Lipinski definition) is 4. The SMILES string of the molecule is O=C1C[C@H](c2ccccc2C(=O)[O-])Oc2ccccc21. The van der Waals surface area contributed by atoms with Crippen LogP contribution in [0.1, 0.15) is 38.8 Å². The molecule has 0 bridgehead atoms. The highest BCUT2D eigenvalue weighted by molar-refractivity contribution is 6.00. The van der Waals surface area contributed by atoms with E-state index in [1.807, 2.05) is 0 Å². The summed E-state index contributed by atoms with van der Waals surface area (Å²) in [6, 6.07) is 13.4. The molecule has 0 spiro atoms. The van der Waals surface area contributed by atoms with Crippen molar-refractivity contribution in [2.45, 2.75) is 12.5 Å². The van der Waals surface area contributed by atoms with Gasteiger partial charge in [0.2, 0.25) is 0 Å². The van der Waals surface area contributed by atoms with Crippen molar-refractivity contribution in [1.82, 2.24) is 0 Å². The summed E-state index contributed by atoms with van der Waals surface area (Å²) >= 11 is 0. The zero-order chi connectivity index (χ0) is 14.1. The number of para-hydroxylation sites is 1. The zero-order valence-electron chi connectivity index (χ0n) is 10.5. The van der Waals surface area contributed by atoms with Gasteiger partial charge in [0.05, 0.1) is 18.0 Å². The summed E-state index contributed by atoms with van der Waals surface area (Å²) < 4.78 is 5.77. The molecule has 0 unspecified atom stereocenters. The average Bonchev–Trinajstić information content (AvgIpc) is 2.47. The van der Waals surface area contributed by atoms with E-state index < -0.39 is 12.1 Å². The molecule has 0 fully saturated rings. The second kappa shape index (κ2) is 4.81. The van der Waals surface area contributed by atoms with E-state index in [2.05, 4.69) is 0 Å². The van der Waals surface area contributed by atoms with Gasteiger partial charge in [-0.2, -0.15) is 0 Å². The van der Waals surface area contributed by atoms with Gasteiger partial charge < -0.3 is 14.6 Å². The van der Waals surface area contributed by atoms with E-state index in [9.17, 15) is 14.7 Å². The van der Waals surface area contributed by atoms with E-state index in [0.29, 0.717) is 16.9 Å². The molecular weight excluding hydrogens is 256 g/mol. The number of carbonyl (C=O) groups is 2. The number of Topliss-reactive ketones (excluding diaryl/α,β-unsaturated/α-hetero) is 1. The topological polar surface area (TPSA) is 66.4 Å². The zero-order valence-corrected chi connectivity index (χ0v) is 10.5. The van der Waals surface area contributed by atoms with Gasteiger partial charge in [-0.05, 0) is 12.1 Å². The van der Waals surface area contributed by atoms with Crippen molar-refractivity contribution in [3.8, 4) is 5.75 Å². The van der Waals surface area contributed by atoms with Gasteiger partial charge in [0.1, 0.15) is 11.9 Å². The van der Waals surface area contributed by atoms with Crippen LogP contribution in [-0.2, 0) is 0 Å². The minimum absolute atomic E-state index is 0.0509. The lowest BCUT2D eigenvalue weighted by Gasteiger charge is -2.27. The van der Waals surface area contributed by atoms with Crippen molar-refractivity contribution in [2.24, 2.45) is 0 Å². The van der Waals surface area contributed by atoms with Crippen LogP contribution < -0.4 is 9.84 Å². The summed E-state index contributed by atoms with van der Waals surface area (Å²) in [4.78, 5) is 23.2. The molecule has 1 heterocycles. The maximum atomic E-state index is 12.1. The van der Waals surface area contributed by atoms with Crippen molar-refractivity contribution in [2.75, 3.05) is 0 Å². The molecule has 20 heavy (non-hydrogen) atoms. The number of carboxylic acid groups (broad SMARTS) is 1.